The van der Waals surface area contributed by atoms with E-state index < -0.39 is 0 Å². The molecule has 0 unspecified atom stereocenters. The third-order valence-electron chi connectivity index (χ3n) is 1.53. The molecule has 2 heteroatoms. The van der Waals surface area contributed by atoms with Crippen LogP contribution in [0, 0.1) is 0 Å². The predicted octanol–water partition coefficient (Wildman–Crippen LogP) is 2.63. The summed E-state index contributed by atoms with van der Waals surface area (Å²) >= 11 is 0. The summed E-state index contributed by atoms with van der Waals surface area (Å²) in [5, 5.41) is 1.57. The highest BCUT2D eigenvalue weighted by Crippen LogP contribution is 2.45. The lowest BCUT2D eigenvalue weighted by Gasteiger charge is -1.94. The van der Waals surface area contributed by atoms with Crippen LogP contribution >= 0.6 is 21.6 Å². The normalized spacial score (nSPS) is 39.1. The van der Waals surface area contributed by atoms with E-state index in [0.717, 1.165) is 10.5 Å². The Hall–Kier alpha value is 0.180. The smallest absolute Gasteiger partial charge is 0.0348 e. The van der Waals surface area contributed by atoms with E-state index in [2.05, 4.69) is 24.3 Å². The third kappa shape index (κ3) is 1.19. The molecule has 2 bridgehead atoms. The first kappa shape index (κ1) is 5.93. The van der Waals surface area contributed by atoms with Gasteiger partial charge in [0.25, 0.3) is 0 Å². The first-order valence-electron chi connectivity index (χ1n) is 3.12. The number of hydrogen-bond donors (Lipinski definition) is 0. The number of hydrogen-bond acceptors (Lipinski definition) is 2. The van der Waals surface area contributed by atoms with Gasteiger partial charge in [-0.2, -0.15) is 0 Å². The second kappa shape index (κ2) is 2.43. The van der Waals surface area contributed by atoms with Crippen LogP contribution in [0.4, 0.5) is 0 Å². The summed E-state index contributed by atoms with van der Waals surface area (Å²) in [6.45, 7) is 0. The van der Waals surface area contributed by atoms with Gasteiger partial charge in [0, 0.05) is 10.5 Å². The molecule has 0 nitrogen and oxygen atoms in total. The Bertz CT molecular complexity index is 142. The monoisotopic (exact) mass is 156 g/mol. The van der Waals surface area contributed by atoms with Crippen molar-refractivity contribution in [3.63, 3.8) is 0 Å². The van der Waals surface area contributed by atoms with E-state index in [1.807, 2.05) is 21.6 Å². The van der Waals surface area contributed by atoms with Gasteiger partial charge in [-0.3, -0.25) is 0 Å². The maximum atomic E-state index is 2.29. The fourth-order valence-corrected chi connectivity index (χ4v) is 4.05. The van der Waals surface area contributed by atoms with E-state index in [1.54, 1.807) is 0 Å². The molecule has 1 fully saturated rings. The van der Waals surface area contributed by atoms with Crippen LogP contribution in [0.5, 0.6) is 0 Å². The van der Waals surface area contributed by atoms with Crippen LogP contribution < -0.4 is 0 Å². The minimum Gasteiger partial charge on any atom is -0.0859 e. The Kier molecular flexibility index (Phi) is 1.60. The number of rotatable bonds is 0. The lowest BCUT2D eigenvalue weighted by molar-refractivity contribution is 0.926. The average molecular weight is 156 g/mol. The highest BCUT2D eigenvalue weighted by atomic mass is 33.1. The van der Waals surface area contributed by atoms with E-state index in [0.29, 0.717) is 0 Å². The molecule has 2 atom stereocenters. The van der Waals surface area contributed by atoms with Gasteiger partial charge in [-0.1, -0.05) is 45.9 Å². The van der Waals surface area contributed by atoms with Gasteiger partial charge in [0.05, 0.1) is 0 Å². The van der Waals surface area contributed by atoms with Crippen LogP contribution in [-0.4, -0.2) is 10.5 Å². The van der Waals surface area contributed by atoms with Gasteiger partial charge in [-0.05, 0) is 6.42 Å². The average Bonchev–Trinajstić information content (AvgIpc) is 2.09. The van der Waals surface area contributed by atoms with Gasteiger partial charge >= 0.3 is 0 Å². The fourth-order valence-electron chi connectivity index (χ4n) is 1.05. The zero-order valence-corrected chi connectivity index (χ0v) is 6.62. The van der Waals surface area contributed by atoms with Crippen molar-refractivity contribution in [2.45, 2.75) is 16.9 Å². The summed E-state index contributed by atoms with van der Waals surface area (Å²) in [6, 6.07) is 0. The lowest BCUT2D eigenvalue weighted by Crippen LogP contribution is -1.95. The van der Waals surface area contributed by atoms with Crippen molar-refractivity contribution in [1.82, 2.24) is 0 Å². The highest BCUT2D eigenvalue weighted by molar-refractivity contribution is 8.77. The molecule has 0 spiro atoms. The predicted molar refractivity (Wildman–Crippen MR) is 45.7 cm³/mol. The Morgan fingerprint density at radius 3 is 2.11 bits per heavy atom. The molecular weight excluding hydrogens is 148 g/mol. The summed E-state index contributed by atoms with van der Waals surface area (Å²) in [6.07, 6.45) is 10.2. The largest absolute Gasteiger partial charge is 0.0859 e. The van der Waals surface area contributed by atoms with E-state index in [1.165, 1.54) is 6.42 Å². The molecule has 0 N–H and O–H groups in total. The van der Waals surface area contributed by atoms with Gasteiger partial charge < -0.3 is 0 Å². The Morgan fingerprint density at radius 2 is 1.56 bits per heavy atom. The SMILES string of the molecule is C1=C[C@@H]2C[C@H](C=C1)SS2. The van der Waals surface area contributed by atoms with Crippen molar-refractivity contribution in [2.24, 2.45) is 0 Å². The van der Waals surface area contributed by atoms with Gasteiger partial charge in [-0.15, -0.1) is 0 Å². The van der Waals surface area contributed by atoms with Crippen molar-refractivity contribution in [3.8, 4) is 0 Å². The summed E-state index contributed by atoms with van der Waals surface area (Å²) < 4.78 is 0. The molecule has 1 saturated heterocycles. The molecule has 1 aliphatic carbocycles. The molecule has 0 saturated carbocycles. The molecule has 0 aromatic rings. The molecule has 0 amide bonds. The van der Waals surface area contributed by atoms with Gasteiger partial charge in [0.2, 0.25) is 0 Å². The summed E-state index contributed by atoms with van der Waals surface area (Å²) in [4.78, 5) is 0. The number of allylic oxidation sites excluding steroid dienone is 2. The zero-order valence-electron chi connectivity index (χ0n) is 4.99. The number of fused-ring (bicyclic) bond motifs is 2. The minimum absolute atomic E-state index is 0.787. The van der Waals surface area contributed by atoms with Crippen LogP contribution in [0.25, 0.3) is 0 Å². The summed E-state index contributed by atoms with van der Waals surface area (Å²) in [5.74, 6) is 0. The Balaban J connectivity index is 2.20. The minimum atomic E-state index is 0.787. The van der Waals surface area contributed by atoms with E-state index >= 15 is 0 Å². The van der Waals surface area contributed by atoms with E-state index in [-0.39, 0.29) is 0 Å². The molecule has 0 aromatic heterocycles. The van der Waals surface area contributed by atoms with Crippen molar-refractivity contribution < 1.29 is 0 Å². The van der Waals surface area contributed by atoms with Crippen molar-refractivity contribution in [3.05, 3.63) is 24.3 Å². The zero-order chi connectivity index (χ0) is 6.10. The van der Waals surface area contributed by atoms with Crippen LogP contribution in [0.15, 0.2) is 24.3 Å². The van der Waals surface area contributed by atoms with Crippen LogP contribution in [0.2, 0.25) is 0 Å². The lowest BCUT2D eigenvalue weighted by atomic mass is 10.2. The quantitative estimate of drug-likeness (QED) is 0.494. The van der Waals surface area contributed by atoms with Crippen molar-refractivity contribution >= 4 is 21.6 Å². The molecule has 48 valence electrons. The fraction of sp³-hybridized carbons (Fsp3) is 0.429. The summed E-state index contributed by atoms with van der Waals surface area (Å²) in [7, 11) is 4.01. The van der Waals surface area contributed by atoms with Gasteiger partial charge in [-0.25, -0.2) is 0 Å². The second-order valence-electron chi connectivity index (χ2n) is 2.27. The molecule has 2 rings (SSSR count). The Morgan fingerprint density at radius 1 is 1.00 bits per heavy atom. The highest BCUT2D eigenvalue weighted by Gasteiger charge is 2.22. The Labute approximate surface area is 63.2 Å². The molecule has 0 aromatic carbocycles. The van der Waals surface area contributed by atoms with Crippen molar-refractivity contribution in [1.29, 1.82) is 0 Å². The van der Waals surface area contributed by atoms with Gasteiger partial charge in [0.1, 0.15) is 0 Å². The molecule has 9 heavy (non-hydrogen) atoms. The molecular formula is C7H8S2. The van der Waals surface area contributed by atoms with Crippen molar-refractivity contribution in [2.75, 3.05) is 0 Å². The maximum absolute atomic E-state index is 2.29. The van der Waals surface area contributed by atoms with Crippen LogP contribution in [0.3, 0.4) is 0 Å². The standard InChI is InChI=1S/C7H8S2/c1-2-4-7-5-6(3-1)8-9-7/h1-4,6-7H,5H2/t6-,7+. The molecule has 0 radical (unpaired) electrons. The van der Waals surface area contributed by atoms with E-state index in [4.69, 9.17) is 0 Å². The van der Waals surface area contributed by atoms with E-state index in [9.17, 15) is 0 Å². The molecule has 1 aliphatic heterocycles. The van der Waals surface area contributed by atoms with Crippen LogP contribution in [0.1, 0.15) is 6.42 Å². The molecule has 2 aliphatic rings. The second-order valence-corrected chi connectivity index (χ2v) is 5.03. The maximum Gasteiger partial charge on any atom is 0.0348 e. The van der Waals surface area contributed by atoms with Gasteiger partial charge in [0.15, 0.2) is 0 Å². The first-order chi connectivity index (χ1) is 4.45. The molecule has 1 heterocycles. The first-order valence-corrected chi connectivity index (χ1v) is 5.40. The third-order valence-corrected chi connectivity index (χ3v) is 4.65. The topological polar surface area (TPSA) is 0 Å². The summed E-state index contributed by atoms with van der Waals surface area (Å²) in [5.41, 5.74) is 0. The van der Waals surface area contributed by atoms with Crippen LogP contribution in [-0.2, 0) is 0 Å².